The Bertz CT molecular complexity index is 3540. The van der Waals surface area contributed by atoms with Crippen molar-refractivity contribution in [3.8, 4) is 56.4 Å². The van der Waals surface area contributed by atoms with Crippen LogP contribution in [0, 0.1) is 0 Å². The number of hydrogen-bond acceptors (Lipinski definition) is 4. The summed E-state index contributed by atoms with van der Waals surface area (Å²) in [6.07, 6.45) is 3.67. The van der Waals surface area contributed by atoms with Crippen molar-refractivity contribution in [3.05, 3.63) is 194 Å². The fourth-order valence-electron chi connectivity index (χ4n) is 8.98. The van der Waals surface area contributed by atoms with E-state index >= 15 is 0 Å². The molecule has 0 fully saturated rings. The van der Waals surface area contributed by atoms with Gasteiger partial charge in [-0.1, -0.05) is 158 Å². The van der Waals surface area contributed by atoms with Crippen LogP contribution < -0.4 is 0 Å². The number of rotatable bonds is 5. The zero-order valence-electron chi connectivity index (χ0n) is 31.3. The Morgan fingerprint density at radius 2 is 0.741 bits per heavy atom. The Hall–Kier alpha value is -7.82. The highest BCUT2D eigenvalue weighted by Crippen LogP contribution is 2.44. The Labute approximate surface area is 334 Å². The minimum Gasteiger partial charge on any atom is -0.264 e. The fraction of sp³-hybridized carbons (Fsp3) is 0. The predicted molar refractivity (Wildman–Crippen MR) is 241 cm³/mol. The molecule has 0 radical (unpaired) electrons. The summed E-state index contributed by atoms with van der Waals surface area (Å²) in [5.41, 5.74) is 7.17. The van der Waals surface area contributed by atoms with Crippen LogP contribution in [-0.4, -0.2) is 19.9 Å². The second-order valence-corrected chi connectivity index (χ2v) is 15.0. The van der Waals surface area contributed by atoms with Gasteiger partial charge in [0, 0.05) is 34.6 Å². The third-order valence-corrected chi connectivity index (χ3v) is 11.7. The molecule has 0 N–H and O–H groups in total. The van der Waals surface area contributed by atoms with E-state index in [1.807, 2.05) is 48.7 Å². The Morgan fingerprint density at radius 3 is 1.36 bits per heavy atom. The molecule has 4 nitrogen and oxygen atoms in total. The second-order valence-electron chi connectivity index (χ2n) is 15.0. The number of pyridine rings is 1. The third kappa shape index (κ3) is 5.16. The largest absolute Gasteiger partial charge is 0.264 e. The number of benzene rings is 9. The smallest absolute Gasteiger partial charge is 0.164 e. The van der Waals surface area contributed by atoms with Gasteiger partial charge in [0.05, 0.1) is 0 Å². The Balaban J connectivity index is 1.04. The molecule has 12 aromatic rings. The number of hydrogen-bond donors (Lipinski definition) is 0. The van der Waals surface area contributed by atoms with Gasteiger partial charge in [-0.15, -0.1) is 0 Å². The molecular weight excluding hydrogens is 705 g/mol. The average Bonchev–Trinajstić information content (AvgIpc) is 3.30. The summed E-state index contributed by atoms with van der Waals surface area (Å²) < 4.78 is 0. The SMILES string of the molecule is c1ccc(-c2nc(-c3ccc(-c4cc5ccc6cccc7c8cccc9ccc%10cccc(c(c4)c5c67)c%10c98)cc3)nc(-c3cccc(-c4cccnc4)c3)n2)cc1. The zero-order chi connectivity index (χ0) is 38.2. The summed E-state index contributed by atoms with van der Waals surface area (Å²) in [6.45, 7) is 0. The van der Waals surface area contributed by atoms with E-state index in [2.05, 4.69) is 145 Å². The molecule has 12 rings (SSSR count). The van der Waals surface area contributed by atoms with Gasteiger partial charge < -0.3 is 0 Å². The number of fused-ring (bicyclic) bond motifs is 2. The standard InChI is InChI=1S/C54H32N4/c1-2-9-37(10-3-1)52-56-53(58-54(57-52)41-15-4-14-39(29-41)42-16-8-28-55-32-42)38-25-20-33(21-26-38)43-30-40-27-24-36-12-6-18-45-44-17-5-11-34-22-23-35-13-7-19-46(50(35)48(34)44)47(31-43)51(40)49(36)45/h1-32H. The van der Waals surface area contributed by atoms with Crippen LogP contribution in [0.2, 0.25) is 0 Å². The first kappa shape index (κ1) is 32.4. The number of nitrogens with zero attached hydrogens (tertiary/aromatic N) is 4. The van der Waals surface area contributed by atoms with Gasteiger partial charge in [-0.25, -0.2) is 15.0 Å². The van der Waals surface area contributed by atoms with Crippen molar-refractivity contribution in [2.75, 3.05) is 0 Å². The van der Waals surface area contributed by atoms with E-state index in [9.17, 15) is 0 Å². The molecule has 58 heavy (non-hydrogen) atoms. The quantitative estimate of drug-likeness (QED) is 0.165. The zero-order valence-corrected chi connectivity index (χ0v) is 31.3. The normalized spacial score (nSPS) is 11.8. The maximum Gasteiger partial charge on any atom is 0.164 e. The van der Waals surface area contributed by atoms with Crippen LogP contribution in [-0.2, 0) is 0 Å². The summed E-state index contributed by atoms with van der Waals surface area (Å²) in [7, 11) is 0. The van der Waals surface area contributed by atoms with Crippen LogP contribution in [0.25, 0.3) is 121 Å². The molecule has 268 valence electrons. The van der Waals surface area contributed by atoms with Crippen LogP contribution in [0.15, 0.2) is 194 Å². The molecule has 0 saturated carbocycles. The summed E-state index contributed by atoms with van der Waals surface area (Å²) in [5.74, 6) is 1.88. The first-order valence-corrected chi connectivity index (χ1v) is 19.6. The van der Waals surface area contributed by atoms with Crippen molar-refractivity contribution < 1.29 is 0 Å². The van der Waals surface area contributed by atoms with Crippen LogP contribution in [0.3, 0.4) is 0 Å². The van der Waals surface area contributed by atoms with Crippen molar-refractivity contribution in [1.29, 1.82) is 0 Å². The van der Waals surface area contributed by atoms with Crippen LogP contribution in [0.1, 0.15) is 0 Å². The molecule has 2 aromatic heterocycles. The lowest BCUT2D eigenvalue weighted by Gasteiger charge is -2.17. The fourth-order valence-corrected chi connectivity index (χ4v) is 8.98. The number of aromatic nitrogens is 4. The first-order chi connectivity index (χ1) is 28.7. The molecule has 0 aliphatic heterocycles. The average molecular weight is 737 g/mol. The second kappa shape index (κ2) is 12.9. The highest BCUT2D eigenvalue weighted by atomic mass is 15.0. The topological polar surface area (TPSA) is 51.6 Å². The van der Waals surface area contributed by atoms with Gasteiger partial charge in [0.25, 0.3) is 0 Å². The highest BCUT2D eigenvalue weighted by Gasteiger charge is 2.17. The van der Waals surface area contributed by atoms with Gasteiger partial charge in [-0.2, -0.15) is 0 Å². The van der Waals surface area contributed by atoms with Gasteiger partial charge in [-0.05, 0) is 106 Å². The van der Waals surface area contributed by atoms with E-state index in [0.29, 0.717) is 17.5 Å². The van der Waals surface area contributed by atoms with Gasteiger partial charge in [0.2, 0.25) is 0 Å². The van der Waals surface area contributed by atoms with E-state index in [4.69, 9.17) is 15.0 Å². The molecule has 0 aliphatic carbocycles. The molecule has 0 unspecified atom stereocenters. The Kier molecular flexibility index (Phi) is 7.20. The van der Waals surface area contributed by atoms with Crippen LogP contribution in [0.5, 0.6) is 0 Å². The van der Waals surface area contributed by atoms with E-state index in [1.54, 1.807) is 6.20 Å². The molecule has 0 aliphatic rings. The van der Waals surface area contributed by atoms with Gasteiger partial charge in [0.1, 0.15) is 0 Å². The van der Waals surface area contributed by atoms with Crippen molar-refractivity contribution in [3.63, 3.8) is 0 Å². The Morgan fingerprint density at radius 1 is 0.259 bits per heavy atom. The van der Waals surface area contributed by atoms with Crippen LogP contribution in [0.4, 0.5) is 0 Å². The van der Waals surface area contributed by atoms with Gasteiger partial charge in [-0.3, -0.25) is 4.98 Å². The summed E-state index contributed by atoms with van der Waals surface area (Å²) in [5, 5.41) is 15.3. The maximum absolute atomic E-state index is 5.08. The summed E-state index contributed by atoms with van der Waals surface area (Å²) in [4.78, 5) is 19.4. The molecular formula is C54H32N4. The predicted octanol–water partition coefficient (Wildman–Crippen LogP) is 14.0. The van der Waals surface area contributed by atoms with Gasteiger partial charge in [0.15, 0.2) is 17.5 Å². The molecule has 0 amide bonds. The van der Waals surface area contributed by atoms with E-state index in [1.165, 1.54) is 64.6 Å². The molecule has 0 atom stereocenters. The van der Waals surface area contributed by atoms with Gasteiger partial charge >= 0.3 is 0 Å². The van der Waals surface area contributed by atoms with E-state index in [-0.39, 0.29) is 0 Å². The van der Waals surface area contributed by atoms with Crippen LogP contribution >= 0.6 is 0 Å². The third-order valence-electron chi connectivity index (χ3n) is 11.7. The highest BCUT2D eigenvalue weighted by molar-refractivity contribution is 6.37. The maximum atomic E-state index is 5.08. The van der Waals surface area contributed by atoms with E-state index in [0.717, 1.165) is 38.9 Å². The monoisotopic (exact) mass is 736 g/mol. The molecule has 0 spiro atoms. The minimum absolute atomic E-state index is 0.622. The molecule has 0 bridgehead atoms. The van der Waals surface area contributed by atoms with Crippen molar-refractivity contribution >= 4 is 64.6 Å². The van der Waals surface area contributed by atoms with Crippen molar-refractivity contribution in [2.45, 2.75) is 0 Å². The lowest BCUT2D eigenvalue weighted by molar-refractivity contribution is 1.07. The lowest BCUT2D eigenvalue weighted by Crippen LogP contribution is -2.00. The molecule has 10 aromatic carbocycles. The van der Waals surface area contributed by atoms with E-state index < -0.39 is 0 Å². The molecule has 0 saturated heterocycles. The lowest BCUT2D eigenvalue weighted by atomic mass is 9.86. The molecule has 2 heterocycles. The summed E-state index contributed by atoms with van der Waals surface area (Å²) >= 11 is 0. The molecule has 4 heteroatoms. The van der Waals surface area contributed by atoms with Crippen molar-refractivity contribution in [1.82, 2.24) is 19.9 Å². The first-order valence-electron chi connectivity index (χ1n) is 19.6. The van der Waals surface area contributed by atoms with Crippen molar-refractivity contribution in [2.24, 2.45) is 0 Å². The minimum atomic E-state index is 0.622. The summed E-state index contributed by atoms with van der Waals surface area (Å²) in [6, 6.07) is 65.2.